The molecule has 0 aliphatic heterocycles. The van der Waals surface area contributed by atoms with E-state index in [0.29, 0.717) is 5.69 Å². The minimum Gasteiger partial charge on any atom is -0.396 e. The zero-order chi connectivity index (χ0) is 12.1. The van der Waals surface area contributed by atoms with Crippen molar-refractivity contribution in [3.63, 3.8) is 0 Å². The second-order valence-electron chi connectivity index (χ2n) is 4.07. The Morgan fingerprint density at radius 1 is 1.35 bits per heavy atom. The van der Waals surface area contributed by atoms with Crippen molar-refractivity contribution >= 4 is 5.69 Å². The van der Waals surface area contributed by atoms with E-state index in [1.165, 1.54) is 5.56 Å². The third-order valence-electron chi connectivity index (χ3n) is 2.79. The van der Waals surface area contributed by atoms with Gasteiger partial charge in [-0.1, -0.05) is 30.3 Å². The fourth-order valence-corrected chi connectivity index (χ4v) is 1.93. The quantitative estimate of drug-likeness (QED) is 0.821. The number of hydrogen-bond donors (Lipinski definition) is 2. The normalized spacial score (nSPS) is 12.5. The first kappa shape index (κ1) is 11.7. The molecule has 0 aliphatic carbocycles. The molecule has 0 aliphatic rings. The minimum atomic E-state index is 0.237. The molecule has 1 atom stereocenters. The number of anilines is 1. The van der Waals surface area contributed by atoms with E-state index < -0.39 is 0 Å². The fourth-order valence-electron chi connectivity index (χ4n) is 1.93. The smallest absolute Gasteiger partial charge is 0.0781 e. The van der Waals surface area contributed by atoms with Gasteiger partial charge >= 0.3 is 0 Å². The molecule has 17 heavy (non-hydrogen) atoms. The largest absolute Gasteiger partial charge is 0.396 e. The Labute approximate surface area is 101 Å². The highest BCUT2D eigenvalue weighted by Gasteiger charge is 2.13. The number of rotatable bonds is 5. The van der Waals surface area contributed by atoms with Crippen LogP contribution in [0.2, 0.25) is 0 Å². The summed E-state index contributed by atoms with van der Waals surface area (Å²) in [6.07, 6.45) is 4.56. The molecule has 3 N–H and O–H groups in total. The Morgan fingerprint density at radius 3 is 2.71 bits per heavy atom. The van der Waals surface area contributed by atoms with Gasteiger partial charge in [0.1, 0.15) is 0 Å². The zero-order valence-corrected chi connectivity index (χ0v) is 10.0. The van der Waals surface area contributed by atoms with Crippen molar-refractivity contribution in [2.75, 3.05) is 19.3 Å². The fraction of sp³-hybridized carbons (Fsp3) is 0.308. The summed E-state index contributed by atoms with van der Waals surface area (Å²) in [6.45, 7) is 0.944. The van der Waals surface area contributed by atoms with E-state index >= 15 is 0 Å². The van der Waals surface area contributed by atoms with Crippen molar-refractivity contribution in [1.29, 1.82) is 0 Å². The molecule has 0 amide bonds. The minimum absolute atomic E-state index is 0.237. The van der Waals surface area contributed by atoms with Crippen molar-refractivity contribution in [1.82, 2.24) is 15.1 Å². The lowest BCUT2D eigenvalue weighted by Crippen LogP contribution is -2.18. The maximum atomic E-state index is 5.72. The molecular formula is C13H18N4. The molecule has 0 spiro atoms. The van der Waals surface area contributed by atoms with Gasteiger partial charge in [-0.25, -0.2) is 0 Å². The lowest BCUT2D eigenvalue weighted by atomic mass is 10.0. The zero-order valence-electron chi connectivity index (χ0n) is 10.0. The van der Waals surface area contributed by atoms with Crippen LogP contribution < -0.4 is 11.1 Å². The number of nitrogens with two attached hydrogens (primary N) is 1. The lowest BCUT2D eigenvalue weighted by Gasteiger charge is -2.17. The molecule has 2 rings (SSSR count). The third kappa shape index (κ3) is 2.85. The SMILES string of the molecule is CNCCC(c1ccccc1)n1cc(N)cn1. The second kappa shape index (κ2) is 5.50. The molecule has 1 unspecified atom stereocenters. The van der Waals surface area contributed by atoms with Crippen LogP contribution in [-0.4, -0.2) is 23.4 Å². The average Bonchev–Trinajstić information content (AvgIpc) is 2.78. The molecule has 4 nitrogen and oxygen atoms in total. The molecule has 4 heteroatoms. The van der Waals surface area contributed by atoms with Gasteiger partial charge in [-0.05, 0) is 25.6 Å². The molecule has 1 heterocycles. The highest BCUT2D eigenvalue weighted by Crippen LogP contribution is 2.21. The van der Waals surface area contributed by atoms with Crippen molar-refractivity contribution < 1.29 is 0 Å². The van der Waals surface area contributed by atoms with Gasteiger partial charge in [0.15, 0.2) is 0 Å². The highest BCUT2D eigenvalue weighted by molar-refractivity contribution is 5.31. The Morgan fingerprint density at radius 2 is 2.12 bits per heavy atom. The number of nitrogens with zero attached hydrogens (tertiary/aromatic N) is 2. The number of aromatic nitrogens is 2. The lowest BCUT2D eigenvalue weighted by molar-refractivity contribution is 0.480. The summed E-state index contributed by atoms with van der Waals surface area (Å²) in [4.78, 5) is 0. The average molecular weight is 230 g/mol. The van der Waals surface area contributed by atoms with Gasteiger partial charge in [0, 0.05) is 6.20 Å². The second-order valence-corrected chi connectivity index (χ2v) is 4.07. The molecule has 2 aromatic rings. The Bertz CT molecular complexity index is 449. The standard InChI is InChI=1S/C13H18N4/c1-15-8-7-13(11-5-3-2-4-6-11)17-10-12(14)9-16-17/h2-6,9-10,13,15H,7-8,14H2,1H3. The Balaban J connectivity index is 2.25. The summed E-state index contributed by atoms with van der Waals surface area (Å²) in [7, 11) is 1.96. The molecule has 90 valence electrons. The van der Waals surface area contributed by atoms with E-state index in [1.807, 2.05) is 24.0 Å². The van der Waals surface area contributed by atoms with Crippen LogP contribution >= 0.6 is 0 Å². The van der Waals surface area contributed by atoms with Gasteiger partial charge in [-0.3, -0.25) is 4.68 Å². The summed E-state index contributed by atoms with van der Waals surface area (Å²) in [5, 5.41) is 7.48. The van der Waals surface area contributed by atoms with Crippen LogP contribution in [0.3, 0.4) is 0 Å². The maximum Gasteiger partial charge on any atom is 0.0781 e. The molecule has 0 saturated heterocycles. The molecule has 1 aromatic carbocycles. The number of nitrogens with one attached hydrogen (secondary N) is 1. The van der Waals surface area contributed by atoms with Crippen LogP contribution in [0, 0.1) is 0 Å². The summed E-state index contributed by atoms with van der Waals surface area (Å²) in [5.74, 6) is 0. The van der Waals surface area contributed by atoms with E-state index in [0.717, 1.165) is 13.0 Å². The van der Waals surface area contributed by atoms with Crippen molar-refractivity contribution in [2.24, 2.45) is 0 Å². The van der Waals surface area contributed by atoms with Gasteiger partial charge in [0.25, 0.3) is 0 Å². The van der Waals surface area contributed by atoms with E-state index in [4.69, 9.17) is 5.73 Å². The predicted molar refractivity (Wildman–Crippen MR) is 69.8 cm³/mol. The van der Waals surface area contributed by atoms with Crippen LogP contribution in [0.15, 0.2) is 42.7 Å². The van der Waals surface area contributed by atoms with Gasteiger partial charge in [0.05, 0.1) is 17.9 Å². The van der Waals surface area contributed by atoms with Crippen molar-refractivity contribution in [3.8, 4) is 0 Å². The van der Waals surface area contributed by atoms with Gasteiger partial charge in [0.2, 0.25) is 0 Å². The monoisotopic (exact) mass is 230 g/mol. The number of hydrogen-bond acceptors (Lipinski definition) is 3. The summed E-state index contributed by atoms with van der Waals surface area (Å²) in [6, 6.07) is 10.6. The van der Waals surface area contributed by atoms with Crippen LogP contribution in [0.25, 0.3) is 0 Å². The van der Waals surface area contributed by atoms with Crippen LogP contribution in [0.1, 0.15) is 18.0 Å². The third-order valence-corrected chi connectivity index (χ3v) is 2.79. The highest BCUT2D eigenvalue weighted by atomic mass is 15.3. The van der Waals surface area contributed by atoms with Gasteiger partial charge < -0.3 is 11.1 Å². The molecule has 1 aromatic heterocycles. The molecule has 0 saturated carbocycles. The Hall–Kier alpha value is -1.81. The summed E-state index contributed by atoms with van der Waals surface area (Å²) < 4.78 is 1.93. The number of nitrogen functional groups attached to an aromatic ring is 1. The first-order valence-electron chi connectivity index (χ1n) is 5.80. The first-order valence-corrected chi connectivity index (χ1v) is 5.80. The van der Waals surface area contributed by atoms with Gasteiger partial charge in [-0.2, -0.15) is 5.10 Å². The van der Waals surface area contributed by atoms with E-state index in [2.05, 4.69) is 34.7 Å². The van der Waals surface area contributed by atoms with Crippen LogP contribution in [0.5, 0.6) is 0 Å². The van der Waals surface area contributed by atoms with Crippen molar-refractivity contribution in [2.45, 2.75) is 12.5 Å². The summed E-state index contributed by atoms with van der Waals surface area (Å²) >= 11 is 0. The van der Waals surface area contributed by atoms with E-state index in [1.54, 1.807) is 6.20 Å². The Kier molecular flexibility index (Phi) is 3.77. The first-order chi connectivity index (χ1) is 8.31. The predicted octanol–water partition coefficient (Wildman–Crippen LogP) is 1.66. The van der Waals surface area contributed by atoms with E-state index in [9.17, 15) is 0 Å². The number of benzene rings is 1. The van der Waals surface area contributed by atoms with Crippen molar-refractivity contribution in [3.05, 3.63) is 48.3 Å². The molecule has 0 bridgehead atoms. The summed E-state index contributed by atoms with van der Waals surface area (Å²) in [5.41, 5.74) is 7.68. The molecule has 0 radical (unpaired) electrons. The van der Waals surface area contributed by atoms with E-state index in [-0.39, 0.29) is 6.04 Å². The molecular weight excluding hydrogens is 212 g/mol. The van der Waals surface area contributed by atoms with Crippen LogP contribution in [-0.2, 0) is 0 Å². The van der Waals surface area contributed by atoms with Crippen LogP contribution in [0.4, 0.5) is 5.69 Å². The topological polar surface area (TPSA) is 55.9 Å². The molecule has 0 fully saturated rings. The maximum absolute atomic E-state index is 5.72. The van der Waals surface area contributed by atoms with Gasteiger partial charge in [-0.15, -0.1) is 0 Å².